The predicted molar refractivity (Wildman–Crippen MR) is 76.2 cm³/mol. The molecule has 1 saturated carbocycles. The molecule has 112 valence electrons. The minimum Gasteiger partial charge on any atom is -0.468 e. The fourth-order valence-electron chi connectivity index (χ4n) is 2.79. The Morgan fingerprint density at radius 2 is 2.00 bits per heavy atom. The van der Waals surface area contributed by atoms with Gasteiger partial charge >= 0.3 is 5.97 Å². The first kappa shape index (κ1) is 16.4. The second kappa shape index (κ2) is 8.54. The average Bonchev–Trinajstić information content (AvgIpc) is 2.44. The minimum atomic E-state index is -0.584. The van der Waals surface area contributed by atoms with E-state index in [2.05, 4.69) is 5.32 Å². The number of hydrogen-bond donors (Lipinski definition) is 1. The Balaban J connectivity index is 2.25. The Morgan fingerprint density at radius 3 is 2.58 bits per heavy atom. The van der Waals surface area contributed by atoms with Crippen LogP contribution in [0.25, 0.3) is 0 Å². The molecular formula is C15H29NO3. The molecule has 0 spiro atoms. The highest BCUT2D eigenvalue weighted by molar-refractivity contribution is 5.80. The summed E-state index contributed by atoms with van der Waals surface area (Å²) in [6.07, 6.45) is 8.40. The highest BCUT2D eigenvalue weighted by Gasteiger charge is 2.32. The Labute approximate surface area is 117 Å². The first-order chi connectivity index (χ1) is 9.12. The number of carbonyl (C=O) groups is 1. The largest absolute Gasteiger partial charge is 0.468 e. The molecule has 1 fully saturated rings. The lowest BCUT2D eigenvalue weighted by Gasteiger charge is -2.28. The minimum absolute atomic E-state index is 0.188. The van der Waals surface area contributed by atoms with Gasteiger partial charge in [-0.3, -0.25) is 4.79 Å². The van der Waals surface area contributed by atoms with Crippen molar-refractivity contribution in [2.24, 2.45) is 0 Å². The topological polar surface area (TPSA) is 47.6 Å². The molecule has 0 aromatic carbocycles. The third-order valence-corrected chi connectivity index (χ3v) is 3.93. The zero-order chi connectivity index (χ0) is 14.1. The van der Waals surface area contributed by atoms with Gasteiger partial charge in [0.25, 0.3) is 0 Å². The van der Waals surface area contributed by atoms with Crippen molar-refractivity contribution in [2.75, 3.05) is 20.3 Å². The molecule has 4 nitrogen and oxygen atoms in total. The summed E-state index contributed by atoms with van der Waals surface area (Å²) < 4.78 is 10.8. The van der Waals surface area contributed by atoms with Gasteiger partial charge in [0.1, 0.15) is 5.54 Å². The molecule has 1 unspecified atom stereocenters. The van der Waals surface area contributed by atoms with Crippen LogP contribution in [-0.2, 0) is 14.3 Å². The van der Waals surface area contributed by atoms with E-state index in [4.69, 9.17) is 9.47 Å². The van der Waals surface area contributed by atoms with Crippen molar-refractivity contribution in [3.05, 3.63) is 0 Å². The summed E-state index contributed by atoms with van der Waals surface area (Å²) in [5.41, 5.74) is -0.584. The fourth-order valence-corrected chi connectivity index (χ4v) is 2.79. The van der Waals surface area contributed by atoms with E-state index in [0.29, 0.717) is 6.10 Å². The summed E-state index contributed by atoms with van der Waals surface area (Å²) in [6.45, 7) is 5.40. The maximum absolute atomic E-state index is 11.8. The second-order valence-corrected chi connectivity index (χ2v) is 5.59. The Hall–Kier alpha value is -0.610. The summed E-state index contributed by atoms with van der Waals surface area (Å²) >= 11 is 0. The summed E-state index contributed by atoms with van der Waals surface area (Å²) in [7, 11) is 1.44. The van der Waals surface area contributed by atoms with E-state index in [1.165, 1.54) is 39.2 Å². The number of ether oxygens (including phenoxy) is 2. The summed E-state index contributed by atoms with van der Waals surface area (Å²) in [5.74, 6) is -0.188. The molecule has 0 radical (unpaired) electrons. The summed E-state index contributed by atoms with van der Waals surface area (Å²) in [4.78, 5) is 11.8. The standard InChI is InChI=1S/C15H29NO3/c1-4-16-15(2,14(17)18-3)11-8-12-19-13-9-6-5-7-10-13/h13,16H,4-12H2,1-3H3. The molecule has 1 atom stereocenters. The van der Waals surface area contributed by atoms with Crippen LogP contribution in [0, 0.1) is 0 Å². The summed E-state index contributed by atoms with van der Waals surface area (Å²) in [5, 5.41) is 3.22. The molecule has 0 aliphatic heterocycles. The highest BCUT2D eigenvalue weighted by atomic mass is 16.5. The third-order valence-electron chi connectivity index (χ3n) is 3.93. The van der Waals surface area contributed by atoms with E-state index in [-0.39, 0.29) is 5.97 Å². The van der Waals surface area contributed by atoms with Crippen LogP contribution in [0.4, 0.5) is 0 Å². The van der Waals surface area contributed by atoms with Crippen LogP contribution in [0.5, 0.6) is 0 Å². The SMILES string of the molecule is CCNC(C)(CCCOC1CCCCC1)C(=O)OC. The maximum Gasteiger partial charge on any atom is 0.325 e. The molecule has 0 saturated heterocycles. The Morgan fingerprint density at radius 1 is 1.32 bits per heavy atom. The van der Waals surface area contributed by atoms with Gasteiger partial charge in [0, 0.05) is 6.61 Å². The zero-order valence-corrected chi connectivity index (χ0v) is 12.7. The highest BCUT2D eigenvalue weighted by Crippen LogP contribution is 2.21. The Kier molecular flexibility index (Phi) is 7.39. The van der Waals surface area contributed by atoms with Gasteiger partial charge in [-0.05, 0) is 39.2 Å². The van der Waals surface area contributed by atoms with Crippen LogP contribution < -0.4 is 5.32 Å². The second-order valence-electron chi connectivity index (χ2n) is 5.59. The molecule has 1 aliphatic carbocycles. The lowest BCUT2D eigenvalue weighted by Crippen LogP contribution is -2.50. The number of methoxy groups -OCH3 is 1. The van der Waals surface area contributed by atoms with Crippen molar-refractivity contribution in [1.82, 2.24) is 5.32 Å². The Bertz CT molecular complexity index is 264. The first-order valence-electron chi connectivity index (χ1n) is 7.57. The van der Waals surface area contributed by atoms with Crippen LogP contribution in [-0.4, -0.2) is 37.9 Å². The molecule has 4 heteroatoms. The van der Waals surface area contributed by atoms with Gasteiger partial charge in [0.05, 0.1) is 13.2 Å². The van der Waals surface area contributed by atoms with Gasteiger partial charge in [0.15, 0.2) is 0 Å². The lowest BCUT2D eigenvalue weighted by atomic mass is 9.95. The molecule has 0 amide bonds. The van der Waals surface area contributed by atoms with Gasteiger partial charge in [-0.2, -0.15) is 0 Å². The molecule has 0 aromatic heterocycles. The predicted octanol–water partition coefficient (Wildman–Crippen LogP) is 2.66. The molecule has 0 bridgehead atoms. The lowest BCUT2D eigenvalue weighted by molar-refractivity contribution is -0.148. The van der Waals surface area contributed by atoms with Gasteiger partial charge in [-0.1, -0.05) is 26.2 Å². The number of esters is 1. The van der Waals surface area contributed by atoms with Crippen molar-refractivity contribution in [1.29, 1.82) is 0 Å². The average molecular weight is 271 g/mol. The molecule has 1 N–H and O–H groups in total. The van der Waals surface area contributed by atoms with E-state index in [9.17, 15) is 4.79 Å². The van der Waals surface area contributed by atoms with Gasteiger partial charge < -0.3 is 14.8 Å². The number of nitrogens with one attached hydrogen (secondary N) is 1. The zero-order valence-electron chi connectivity index (χ0n) is 12.7. The van der Waals surface area contributed by atoms with Crippen molar-refractivity contribution in [2.45, 2.75) is 70.4 Å². The molecule has 0 heterocycles. The summed E-state index contributed by atoms with van der Waals surface area (Å²) in [6, 6.07) is 0. The van der Waals surface area contributed by atoms with Crippen molar-refractivity contribution in [3.8, 4) is 0 Å². The quantitative estimate of drug-likeness (QED) is 0.544. The number of carbonyl (C=O) groups excluding carboxylic acids is 1. The van der Waals surface area contributed by atoms with E-state index in [0.717, 1.165) is 26.0 Å². The van der Waals surface area contributed by atoms with Crippen LogP contribution in [0.3, 0.4) is 0 Å². The number of likely N-dealkylation sites (N-methyl/N-ethyl adjacent to an activating group) is 1. The fraction of sp³-hybridized carbons (Fsp3) is 0.933. The van der Waals surface area contributed by atoms with Crippen molar-refractivity contribution >= 4 is 5.97 Å². The van der Waals surface area contributed by atoms with Crippen molar-refractivity contribution < 1.29 is 14.3 Å². The van der Waals surface area contributed by atoms with E-state index in [1.807, 2.05) is 13.8 Å². The monoisotopic (exact) mass is 271 g/mol. The van der Waals surface area contributed by atoms with Crippen LogP contribution in [0.1, 0.15) is 58.8 Å². The molecule has 1 rings (SSSR count). The van der Waals surface area contributed by atoms with E-state index < -0.39 is 5.54 Å². The first-order valence-corrected chi connectivity index (χ1v) is 7.57. The van der Waals surface area contributed by atoms with Gasteiger partial charge in [-0.15, -0.1) is 0 Å². The van der Waals surface area contributed by atoms with Crippen LogP contribution >= 0.6 is 0 Å². The van der Waals surface area contributed by atoms with E-state index >= 15 is 0 Å². The smallest absolute Gasteiger partial charge is 0.325 e. The number of hydrogen-bond acceptors (Lipinski definition) is 4. The molecule has 1 aliphatic rings. The molecule has 0 aromatic rings. The van der Waals surface area contributed by atoms with E-state index in [1.54, 1.807) is 0 Å². The number of rotatable bonds is 8. The molecular weight excluding hydrogens is 242 g/mol. The maximum atomic E-state index is 11.8. The normalized spacial score (nSPS) is 19.9. The van der Waals surface area contributed by atoms with Crippen LogP contribution in [0.15, 0.2) is 0 Å². The molecule has 19 heavy (non-hydrogen) atoms. The van der Waals surface area contributed by atoms with Gasteiger partial charge in [-0.25, -0.2) is 0 Å². The van der Waals surface area contributed by atoms with Crippen molar-refractivity contribution in [3.63, 3.8) is 0 Å². The van der Waals surface area contributed by atoms with Gasteiger partial charge in [0.2, 0.25) is 0 Å². The third kappa shape index (κ3) is 5.49. The van der Waals surface area contributed by atoms with Crippen LogP contribution in [0.2, 0.25) is 0 Å².